The molecular formula is C14H15NO3. The van der Waals surface area contributed by atoms with Gasteiger partial charge in [-0.3, -0.25) is 0 Å². The molecule has 0 saturated carbocycles. The van der Waals surface area contributed by atoms with Crippen molar-refractivity contribution in [3.05, 3.63) is 34.9 Å². The van der Waals surface area contributed by atoms with E-state index in [1.54, 1.807) is 25.1 Å². The number of hydrogen-bond donors (Lipinski definition) is 0. The summed E-state index contributed by atoms with van der Waals surface area (Å²) in [4.78, 5) is 22.3. The Labute approximate surface area is 106 Å². The molecule has 0 bridgehead atoms. The first-order valence-corrected chi connectivity index (χ1v) is 5.83. The van der Waals surface area contributed by atoms with Gasteiger partial charge in [-0.1, -0.05) is 12.1 Å². The Morgan fingerprint density at radius 3 is 2.89 bits per heavy atom. The van der Waals surface area contributed by atoms with E-state index in [1.807, 2.05) is 0 Å². The van der Waals surface area contributed by atoms with E-state index in [9.17, 15) is 9.59 Å². The van der Waals surface area contributed by atoms with E-state index in [4.69, 9.17) is 10.00 Å². The van der Waals surface area contributed by atoms with Gasteiger partial charge in [-0.05, 0) is 30.5 Å². The molecule has 0 N–H and O–H groups in total. The van der Waals surface area contributed by atoms with E-state index in [0.717, 1.165) is 17.4 Å². The number of carbonyl (C=O) groups is 2. The Bertz CT molecular complexity index is 474. The van der Waals surface area contributed by atoms with Crippen molar-refractivity contribution in [1.29, 1.82) is 5.26 Å². The number of aldehydes is 1. The molecule has 0 heterocycles. The average molecular weight is 245 g/mol. The molecule has 94 valence electrons. The molecule has 1 aromatic carbocycles. The smallest absolute Gasteiger partial charge is 0.338 e. The summed E-state index contributed by atoms with van der Waals surface area (Å²) in [6.45, 7) is 2.04. The topological polar surface area (TPSA) is 67.2 Å². The van der Waals surface area contributed by atoms with Gasteiger partial charge in [0.2, 0.25) is 0 Å². The van der Waals surface area contributed by atoms with Gasteiger partial charge in [0.15, 0.2) is 0 Å². The summed E-state index contributed by atoms with van der Waals surface area (Å²) in [6, 6.07) is 7.25. The van der Waals surface area contributed by atoms with Gasteiger partial charge in [0.1, 0.15) is 6.29 Å². The maximum Gasteiger partial charge on any atom is 0.338 e. The fourth-order valence-electron chi connectivity index (χ4n) is 1.78. The molecule has 1 aromatic rings. The van der Waals surface area contributed by atoms with E-state index in [0.29, 0.717) is 25.0 Å². The minimum Gasteiger partial charge on any atom is -0.462 e. The van der Waals surface area contributed by atoms with E-state index in [-0.39, 0.29) is 6.42 Å². The second-order valence-corrected chi connectivity index (χ2v) is 3.70. The monoisotopic (exact) mass is 245 g/mol. The third-order valence-corrected chi connectivity index (χ3v) is 2.55. The maximum absolute atomic E-state index is 11.8. The number of carbonyl (C=O) groups excluding carboxylic acids is 2. The lowest BCUT2D eigenvalue weighted by Gasteiger charge is -2.11. The number of benzene rings is 1. The predicted octanol–water partition coefficient (Wildman–Crippen LogP) is 2.06. The molecule has 0 atom stereocenters. The molecule has 0 aliphatic heterocycles. The van der Waals surface area contributed by atoms with Gasteiger partial charge >= 0.3 is 5.97 Å². The molecule has 0 saturated heterocycles. The average Bonchev–Trinajstić information content (AvgIpc) is 2.37. The van der Waals surface area contributed by atoms with Crippen LogP contribution in [0.4, 0.5) is 0 Å². The zero-order valence-corrected chi connectivity index (χ0v) is 10.3. The van der Waals surface area contributed by atoms with Gasteiger partial charge in [0.05, 0.1) is 24.7 Å². The number of esters is 1. The molecule has 0 aromatic heterocycles. The van der Waals surface area contributed by atoms with Crippen molar-refractivity contribution in [2.75, 3.05) is 6.61 Å². The summed E-state index contributed by atoms with van der Waals surface area (Å²) in [5, 5.41) is 8.77. The molecule has 0 radical (unpaired) electrons. The van der Waals surface area contributed by atoms with Gasteiger partial charge in [-0.2, -0.15) is 5.26 Å². The molecule has 1 rings (SSSR count). The highest BCUT2D eigenvalue weighted by Gasteiger charge is 2.15. The van der Waals surface area contributed by atoms with Crippen molar-refractivity contribution in [2.24, 2.45) is 0 Å². The number of nitriles is 1. The van der Waals surface area contributed by atoms with E-state index in [1.165, 1.54) is 0 Å². The minimum atomic E-state index is -0.404. The van der Waals surface area contributed by atoms with Crippen LogP contribution in [-0.4, -0.2) is 18.9 Å². The first-order chi connectivity index (χ1) is 8.74. The molecule has 0 amide bonds. The van der Waals surface area contributed by atoms with Crippen molar-refractivity contribution in [3.8, 4) is 6.07 Å². The fraction of sp³-hybridized carbons (Fsp3) is 0.357. The molecule has 0 aliphatic carbocycles. The molecule has 0 fully saturated rings. The number of hydrogen-bond acceptors (Lipinski definition) is 4. The van der Waals surface area contributed by atoms with Crippen LogP contribution in [0.1, 0.15) is 34.8 Å². The van der Waals surface area contributed by atoms with Crippen LogP contribution in [-0.2, 0) is 22.4 Å². The quantitative estimate of drug-likeness (QED) is 0.568. The fourth-order valence-corrected chi connectivity index (χ4v) is 1.78. The zero-order chi connectivity index (χ0) is 13.4. The summed E-state index contributed by atoms with van der Waals surface area (Å²) in [6.07, 6.45) is 1.81. The third-order valence-electron chi connectivity index (χ3n) is 2.55. The lowest BCUT2D eigenvalue weighted by Crippen LogP contribution is -2.10. The Balaban J connectivity index is 3.14. The number of rotatable bonds is 6. The zero-order valence-electron chi connectivity index (χ0n) is 10.3. The summed E-state index contributed by atoms with van der Waals surface area (Å²) in [7, 11) is 0. The van der Waals surface area contributed by atoms with Crippen molar-refractivity contribution in [3.63, 3.8) is 0 Å². The summed E-state index contributed by atoms with van der Waals surface area (Å²) < 4.78 is 4.97. The van der Waals surface area contributed by atoms with Crippen molar-refractivity contribution >= 4 is 12.3 Å². The molecule has 4 nitrogen and oxygen atoms in total. The van der Waals surface area contributed by atoms with E-state index < -0.39 is 5.97 Å². The van der Waals surface area contributed by atoms with Crippen molar-refractivity contribution in [1.82, 2.24) is 0 Å². The second kappa shape index (κ2) is 7.23. The predicted molar refractivity (Wildman–Crippen MR) is 66.1 cm³/mol. The van der Waals surface area contributed by atoms with Gasteiger partial charge in [-0.15, -0.1) is 0 Å². The van der Waals surface area contributed by atoms with Gasteiger partial charge < -0.3 is 9.53 Å². The Hall–Kier alpha value is -2.15. The van der Waals surface area contributed by atoms with Gasteiger partial charge in [0.25, 0.3) is 0 Å². The summed E-state index contributed by atoms with van der Waals surface area (Å²) in [5.41, 5.74) is 1.97. The number of nitrogens with zero attached hydrogens (tertiary/aromatic N) is 1. The van der Waals surface area contributed by atoms with Crippen LogP contribution in [0.25, 0.3) is 0 Å². The lowest BCUT2D eigenvalue weighted by atomic mass is 9.95. The molecular weight excluding hydrogens is 230 g/mol. The highest BCUT2D eigenvalue weighted by Crippen LogP contribution is 2.18. The van der Waals surface area contributed by atoms with E-state index in [2.05, 4.69) is 6.07 Å². The van der Waals surface area contributed by atoms with Crippen molar-refractivity contribution in [2.45, 2.75) is 26.2 Å². The first-order valence-electron chi connectivity index (χ1n) is 5.83. The Morgan fingerprint density at radius 1 is 1.50 bits per heavy atom. The standard InChI is InChI=1S/C14H15NO3/c1-2-18-14(17)13-6-3-5-11(8-9-15)12(13)7-4-10-16/h3,5-6,10H,2,4,7-8H2,1H3. The maximum atomic E-state index is 11.8. The van der Waals surface area contributed by atoms with E-state index >= 15 is 0 Å². The molecule has 0 unspecified atom stereocenters. The Morgan fingerprint density at radius 2 is 2.28 bits per heavy atom. The van der Waals surface area contributed by atoms with Crippen LogP contribution in [0, 0.1) is 11.3 Å². The minimum absolute atomic E-state index is 0.224. The van der Waals surface area contributed by atoms with Crippen LogP contribution in [0.2, 0.25) is 0 Å². The molecule has 0 aliphatic rings. The van der Waals surface area contributed by atoms with Crippen LogP contribution in [0.15, 0.2) is 18.2 Å². The van der Waals surface area contributed by atoms with Crippen LogP contribution in [0.3, 0.4) is 0 Å². The third kappa shape index (κ3) is 3.42. The van der Waals surface area contributed by atoms with Crippen LogP contribution >= 0.6 is 0 Å². The van der Waals surface area contributed by atoms with Crippen molar-refractivity contribution < 1.29 is 14.3 Å². The normalized spacial score (nSPS) is 9.56. The molecule has 18 heavy (non-hydrogen) atoms. The van der Waals surface area contributed by atoms with Crippen LogP contribution in [0.5, 0.6) is 0 Å². The Kier molecular flexibility index (Phi) is 5.59. The second-order valence-electron chi connectivity index (χ2n) is 3.70. The summed E-state index contributed by atoms with van der Waals surface area (Å²) >= 11 is 0. The molecule has 4 heteroatoms. The van der Waals surface area contributed by atoms with Gasteiger partial charge in [-0.25, -0.2) is 4.79 Å². The lowest BCUT2D eigenvalue weighted by molar-refractivity contribution is -0.107. The largest absolute Gasteiger partial charge is 0.462 e. The first kappa shape index (κ1) is 13.9. The van der Waals surface area contributed by atoms with Gasteiger partial charge in [0, 0.05) is 6.42 Å². The SMILES string of the molecule is CCOC(=O)c1cccc(CC#N)c1CCC=O. The highest BCUT2D eigenvalue weighted by atomic mass is 16.5. The molecule has 0 spiro atoms. The van der Waals surface area contributed by atoms with Crippen LogP contribution < -0.4 is 0 Å². The number of ether oxygens (including phenoxy) is 1. The highest BCUT2D eigenvalue weighted by molar-refractivity contribution is 5.91. The summed E-state index contributed by atoms with van der Waals surface area (Å²) in [5.74, 6) is -0.404.